The molecule has 0 amide bonds. The zero-order chi connectivity index (χ0) is 11.1. The first-order chi connectivity index (χ1) is 7.95. The number of rotatable bonds is 3. The van der Waals surface area contributed by atoms with E-state index in [1.165, 1.54) is 5.56 Å². The maximum absolute atomic E-state index is 4.23. The first-order valence-electron chi connectivity index (χ1n) is 5.17. The van der Waals surface area contributed by atoms with Crippen LogP contribution in [0, 0.1) is 0 Å². The molecule has 16 heavy (non-hydrogen) atoms. The Balaban J connectivity index is 1.98. The highest BCUT2D eigenvalue weighted by Gasteiger charge is 1.88. The third-order valence-electron chi connectivity index (χ3n) is 2.07. The highest BCUT2D eigenvalue weighted by molar-refractivity contribution is 5.77. The van der Waals surface area contributed by atoms with Crippen LogP contribution in [0.25, 0.3) is 6.08 Å². The number of nitrogens with zero attached hydrogens (tertiary/aromatic N) is 2. The molecule has 0 saturated heterocycles. The van der Waals surface area contributed by atoms with E-state index in [1.807, 2.05) is 60.9 Å². The fraction of sp³-hybridized carbons (Fsp3) is 0. The molecular weight excluding hydrogens is 196 g/mol. The summed E-state index contributed by atoms with van der Waals surface area (Å²) in [7, 11) is 0. The zero-order valence-electron chi connectivity index (χ0n) is 8.90. The summed E-state index contributed by atoms with van der Waals surface area (Å²) < 4.78 is 1.76. The topological polar surface area (TPSA) is 16.2 Å². The van der Waals surface area contributed by atoms with Crippen LogP contribution in [0.5, 0.6) is 0 Å². The predicted octanol–water partition coefficient (Wildman–Crippen LogP) is 2.52. The molecule has 2 aromatic rings. The minimum atomic E-state index is 1.17. The van der Waals surface area contributed by atoms with E-state index in [1.54, 1.807) is 10.9 Å². The molecule has 0 aliphatic carbocycles. The van der Waals surface area contributed by atoms with Gasteiger partial charge in [-0.1, -0.05) is 47.2 Å². The van der Waals surface area contributed by atoms with Crippen LogP contribution in [-0.2, 0) is 0 Å². The van der Waals surface area contributed by atoms with Crippen molar-refractivity contribution in [3.63, 3.8) is 0 Å². The number of allylic oxidation sites excluding steroid dienone is 1. The standard InChI is InChI=1S/C14H13N2/c1-3-8-14(9-4-1)10-7-11-15-16-12-5-2-6-13-16/h1-13H/q+1/b10-7+,15-11+. The van der Waals surface area contributed by atoms with Gasteiger partial charge in [-0.2, -0.15) is 0 Å². The molecule has 0 aliphatic heterocycles. The normalized spacial score (nSPS) is 11.2. The summed E-state index contributed by atoms with van der Waals surface area (Å²) in [5.41, 5.74) is 1.17. The SMILES string of the molecule is C(=C\c1ccccc1)/C=N/[n+]1ccccc1. The van der Waals surface area contributed by atoms with Crippen LogP contribution >= 0.6 is 0 Å². The first kappa shape index (κ1) is 10.3. The van der Waals surface area contributed by atoms with Gasteiger partial charge >= 0.3 is 0 Å². The second kappa shape index (κ2) is 5.61. The third-order valence-corrected chi connectivity index (χ3v) is 2.07. The van der Waals surface area contributed by atoms with E-state index in [-0.39, 0.29) is 0 Å². The summed E-state index contributed by atoms with van der Waals surface area (Å²) in [6.07, 6.45) is 9.51. The Morgan fingerprint density at radius 1 is 0.875 bits per heavy atom. The summed E-state index contributed by atoms with van der Waals surface area (Å²) in [5.74, 6) is 0. The molecule has 0 spiro atoms. The second-order valence-electron chi connectivity index (χ2n) is 3.29. The average Bonchev–Trinajstić information content (AvgIpc) is 2.37. The van der Waals surface area contributed by atoms with E-state index < -0.39 is 0 Å². The van der Waals surface area contributed by atoms with Crippen molar-refractivity contribution in [2.75, 3.05) is 0 Å². The Hall–Kier alpha value is -2.22. The van der Waals surface area contributed by atoms with E-state index in [4.69, 9.17) is 0 Å². The maximum Gasteiger partial charge on any atom is 0.202 e. The Labute approximate surface area is 95.2 Å². The number of aromatic nitrogens is 1. The summed E-state index contributed by atoms with van der Waals surface area (Å²) in [6.45, 7) is 0. The van der Waals surface area contributed by atoms with Crippen LogP contribution in [0.3, 0.4) is 0 Å². The van der Waals surface area contributed by atoms with Gasteiger partial charge in [-0.05, 0) is 16.7 Å². The van der Waals surface area contributed by atoms with Gasteiger partial charge < -0.3 is 0 Å². The maximum atomic E-state index is 4.23. The van der Waals surface area contributed by atoms with Crippen LogP contribution in [0.15, 0.2) is 72.1 Å². The highest BCUT2D eigenvalue weighted by Crippen LogP contribution is 1.99. The summed E-state index contributed by atoms with van der Waals surface area (Å²) >= 11 is 0. The van der Waals surface area contributed by atoms with Crippen molar-refractivity contribution in [3.8, 4) is 0 Å². The Morgan fingerprint density at radius 2 is 1.56 bits per heavy atom. The van der Waals surface area contributed by atoms with Gasteiger partial charge in [0.2, 0.25) is 12.4 Å². The molecule has 1 aromatic heterocycles. The van der Waals surface area contributed by atoms with Gasteiger partial charge in [-0.15, -0.1) is 0 Å². The van der Waals surface area contributed by atoms with Gasteiger partial charge in [-0.25, -0.2) is 0 Å². The molecule has 1 aromatic carbocycles. The molecule has 78 valence electrons. The molecule has 0 N–H and O–H groups in total. The lowest BCUT2D eigenvalue weighted by atomic mass is 10.2. The number of hydrogen-bond acceptors (Lipinski definition) is 1. The smallest absolute Gasteiger partial charge is 0.0622 e. The fourth-order valence-electron chi connectivity index (χ4n) is 1.30. The molecule has 0 atom stereocenters. The molecule has 2 rings (SSSR count). The number of hydrogen-bond donors (Lipinski definition) is 0. The molecule has 0 fully saturated rings. The van der Waals surface area contributed by atoms with E-state index in [0.717, 1.165) is 0 Å². The van der Waals surface area contributed by atoms with Crippen LogP contribution in [0.2, 0.25) is 0 Å². The summed E-state index contributed by atoms with van der Waals surface area (Å²) in [6, 6.07) is 16.0. The molecule has 0 aliphatic rings. The lowest BCUT2D eigenvalue weighted by molar-refractivity contribution is -0.678. The van der Waals surface area contributed by atoms with Crippen molar-refractivity contribution in [2.24, 2.45) is 5.10 Å². The van der Waals surface area contributed by atoms with Crippen molar-refractivity contribution in [1.82, 2.24) is 0 Å². The number of benzene rings is 1. The Morgan fingerprint density at radius 3 is 2.31 bits per heavy atom. The van der Waals surface area contributed by atoms with E-state index >= 15 is 0 Å². The Kier molecular flexibility index (Phi) is 3.61. The minimum absolute atomic E-state index is 1.17. The highest BCUT2D eigenvalue weighted by atomic mass is 15.3. The molecule has 2 nitrogen and oxygen atoms in total. The van der Waals surface area contributed by atoms with E-state index in [9.17, 15) is 0 Å². The van der Waals surface area contributed by atoms with Crippen molar-refractivity contribution < 1.29 is 4.68 Å². The van der Waals surface area contributed by atoms with Crippen LogP contribution in [0.4, 0.5) is 0 Å². The molecule has 1 heterocycles. The first-order valence-corrected chi connectivity index (χ1v) is 5.17. The van der Waals surface area contributed by atoms with E-state index in [0.29, 0.717) is 0 Å². The second-order valence-corrected chi connectivity index (χ2v) is 3.29. The van der Waals surface area contributed by atoms with Gasteiger partial charge in [0.15, 0.2) is 0 Å². The van der Waals surface area contributed by atoms with Crippen molar-refractivity contribution in [3.05, 3.63) is 72.6 Å². The minimum Gasteiger partial charge on any atom is -0.0622 e. The lowest BCUT2D eigenvalue weighted by Gasteiger charge is -1.87. The monoisotopic (exact) mass is 209 g/mol. The Bertz CT molecular complexity index is 425. The van der Waals surface area contributed by atoms with Crippen molar-refractivity contribution in [1.29, 1.82) is 0 Å². The van der Waals surface area contributed by atoms with Crippen LogP contribution in [0.1, 0.15) is 5.56 Å². The average molecular weight is 209 g/mol. The largest absolute Gasteiger partial charge is 0.202 e. The van der Waals surface area contributed by atoms with Crippen molar-refractivity contribution in [2.45, 2.75) is 0 Å². The third kappa shape index (κ3) is 3.17. The lowest BCUT2D eigenvalue weighted by Crippen LogP contribution is -2.25. The molecular formula is C14H13N2+. The molecule has 0 saturated carbocycles. The van der Waals surface area contributed by atoms with Gasteiger partial charge in [0.25, 0.3) is 0 Å². The van der Waals surface area contributed by atoms with Gasteiger partial charge in [0.1, 0.15) is 0 Å². The van der Waals surface area contributed by atoms with Gasteiger partial charge in [0.05, 0.1) is 6.21 Å². The van der Waals surface area contributed by atoms with E-state index in [2.05, 4.69) is 17.2 Å². The summed E-state index contributed by atoms with van der Waals surface area (Å²) in [4.78, 5) is 0. The predicted molar refractivity (Wildman–Crippen MR) is 66.0 cm³/mol. The molecule has 0 unspecified atom stereocenters. The number of pyridine rings is 1. The molecule has 2 heteroatoms. The zero-order valence-corrected chi connectivity index (χ0v) is 8.90. The fourth-order valence-corrected chi connectivity index (χ4v) is 1.30. The molecule has 0 bridgehead atoms. The quantitative estimate of drug-likeness (QED) is 0.545. The van der Waals surface area contributed by atoms with Gasteiger partial charge in [0, 0.05) is 12.1 Å². The van der Waals surface area contributed by atoms with Gasteiger partial charge in [-0.3, -0.25) is 0 Å². The van der Waals surface area contributed by atoms with Crippen molar-refractivity contribution >= 4 is 12.3 Å². The van der Waals surface area contributed by atoms with Crippen LogP contribution < -0.4 is 4.68 Å². The van der Waals surface area contributed by atoms with Crippen LogP contribution in [-0.4, -0.2) is 6.21 Å². The molecule has 0 radical (unpaired) electrons. The summed E-state index contributed by atoms with van der Waals surface area (Å²) in [5, 5.41) is 4.23.